The second-order valence-corrected chi connectivity index (χ2v) is 2.63. The van der Waals surface area contributed by atoms with Crippen LogP contribution in [-0.2, 0) is 14.3 Å². The summed E-state index contributed by atoms with van der Waals surface area (Å²) >= 11 is 0. The van der Waals surface area contributed by atoms with Crippen LogP contribution in [0.4, 0.5) is 0 Å². The molecule has 0 atom stereocenters. The fourth-order valence-corrected chi connectivity index (χ4v) is 0.718. The summed E-state index contributed by atoms with van der Waals surface area (Å²) in [6, 6.07) is 8.77. The molecule has 0 fully saturated rings. The van der Waals surface area contributed by atoms with E-state index in [0.29, 0.717) is 5.56 Å². The van der Waals surface area contributed by atoms with E-state index in [0.717, 1.165) is 6.26 Å². The normalized spacial score (nSPS) is 8.12. The molecule has 0 radical (unpaired) electrons. The zero-order valence-corrected chi connectivity index (χ0v) is 9.30. The van der Waals surface area contributed by atoms with E-state index < -0.39 is 0 Å². The molecule has 16 heavy (non-hydrogen) atoms. The second kappa shape index (κ2) is 8.23. The highest BCUT2D eigenvalue weighted by molar-refractivity contribution is 5.89. The van der Waals surface area contributed by atoms with E-state index in [2.05, 4.69) is 16.1 Å². The Morgan fingerprint density at radius 1 is 1.25 bits per heavy atom. The molecule has 0 saturated carbocycles. The number of esters is 2. The largest absolute Gasteiger partial charge is 0.469 e. The number of hydrogen-bond acceptors (Lipinski definition) is 4. The molecular weight excluding hydrogens is 208 g/mol. The Kier molecular flexibility index (Phi) is 7.15. The first-order valence-electron chi connectivity index (χ1n) is 4.53. The van der Waals surface area contributed by atoms with Crippen LogP contribution in [0, 0.1) is 0 Å². The number of methoxy groups -OCH3 is 1. The van der Waals surface area contributed by atoms with Crippen LogP contribution in [-0.4, -0.2) is 19.0 Å². The molecule has 1 aromatic rings. The van der Waals surface area contributed by atoms with Gasteiger partial charge in [-0.25, -0.2) is 4.79 Å². The second-order valence-electron chi connectivity index (χ2n) is 2.63. The van der Waals surface area contributed by atoms with Crippen molar-refractivity contribution in [1.82, 2.24) is 0 Å². The molecule has 0 amide bonds. The van der Waals surface area contributed by atoms with E-state index in [1.54, 1.807) is 24.3 Å². The van der Waals surface area contributed by atoms with Crippen molar-refractivity contribution >= 4 is 11.9 Å². The minimum atomic E-state index is -0.374. The standard InChI is InChI=1S/C9H8O2.C3H6O2/c1-2-11-9(10)8-6-4-3-5-7-8;1-3(4)5-2/h2-7H,1H2;1-2H3. The number of benzene rings is 1. The molecular formula is C12H14O4. The third-order valence-electron chi connectivity index (χ3n) is 1.49. The first-order valence-corrected chi connectivity index (χ1v) is 4.53. The SMILES string of the molecule is C=COC(=O)c1ccccc1.COC(C)=O. The quantitative estimate of drug-likeness (QED) is 0.568. The Labute approximate surface area is 94.5 Å². The predicted molar refractivity (Wildman–Crippen MR) is 59.7 cm³/mol. The highest BCUT2D eigenvalue weighted by atomic mass is 16.5. The Bertz CT molecular complexity index is 343. The highest BCUT2D eigenvalue weighted by Gasteiger charge is 2.01. The molecule has 0 N–H and O–H groups in total. The molecule has 0 spiro atoms. The molecule has 0 heterocycles. The first-order chi connectivity index (χ1) is 7.61. The summed E-state index contributed by atoms with van der Waals surface area (Å²) in [4.78, 5) is 20.5. The average molecular weight is 222 g/mol. The van der Waals surface area contributed by atoms with Gasteiger partial charge >= 0.3 is 11.9 Å². The lowest BCUT2D eigenvalue weighted by Gasteiger charge is -1.96. The third-order valence-corrected chi connectivity index (χ3v) is 1.49. The molecule has 1 aromatic carbocycles. The monoisotopic (exact) mass is 222 g/mol. The topological polar surface area (TPSA) is 52.6 Å². The van der Waals surface area contributed by atoms with Crippen molar-refractivity contribution in [2.45, 2.75) is 6.92 Å². The molecule has 0 aromatic heterocycles. The van der Waals surface area contributed by atoms with Crippen LogP contribution in [0.15, 0.2) is 43.2 Å². The molecule has 0 aliphatic rings. The van der Waals surface area contributed by atoms with Crippen LogP contribution in [0.5, 0.6) is 0 Å². The summed E-state index contributed by atoms with van der Waals surface area (Å²) in [5.74, 6) is -0.620. The molecule has 0 aliphatic carbocycles. The molecule has 4 nitrogen and oxygen atoms in total. The van der Waals surface area contributed by atoms with Crippen LogP contribution >= 0.6 is 0 Å². The van der Waals surface area contributed by atoms with Gasteiger partial charge in [-0.2, -0.15) is 0 Å². The summed E-state index contributed by atoms with van der Waals surface area (Å²) in [7, 11) is 1.35. The van der Waals surface area contributed by atoms with Crippen LogP contribution < -0.4 is 0 Å². The van der Waals surface area contributed by atoms with Crippen molar-refractivity contribution in [2.75, 3.05) is 7.11 Å². The van der Waals surface area contributed by atoms with E-state index in [1.165, 1.54) is 14.0 Å². The number of rotatable bonds is 2. The van der Waals surface area contributed by atoms with Gasteiger partial charge in [0.15, 0.2) is 0 Å². The third kappa shape index (κ3) is 6.37. The van der Waals surface area contributed by atoms with Crippen molar-refractivity contribution in [3.8, 4) is 0 Å². The maximum absolute atomic E-state index is 11.0. The lowest BCUT2D eigenvalue weighted by Crippen LogP contribution is -1.98. The van der Waals surface area contributed by atoms with Crippen LogP contribution in [0.25, 0.3) is 0 Å². The minimum Gasteiger partial charge on any atom is -0.469 e. The minimum absolute atomic E-state index is 0.245. The summed E-state index contributed by atoms with van der Waals surface area (Å²) in [6.45, 7) is 4.64. The molecule has 86 valence electrons. The van der Waals surface area contributed by atoms with E-state index in [1.807, 2.05) is 6.07 Å². The van der Waals surface area contributed by atoms with Crippen molar-refractivity contribution in [3.05, 3.63) is 48.7 Å². The van der Waals surface area contributed by atoms with Crippen molar-refractivity contribution in [3.63, 3.8) is 0 Å². The van der Waals surface area contributed by atoms with Crippen LogP contribution in [0.1, 0.15) is 17.3 Å². The molecule has 0 aliphatic heterocycles. The predicted octanol–water partition coefficient (Wildman–Crippen LogP) is 2.17. The fraction of sp³-hybridized carbons (Fsp3) is 0.167. The fourth-order valence-electron chi connectivity index (χ4n) is 0.718. The summed E-state index contributed by atoms with van der Waals surface area (Å²) in [5, 5.41) is 0. The first kappa shape index (κ1) is 13.9. The highest BCUT2D eigenvalue weighted by Crippen LogP contribution is 2.00. The van der Waals surface area contributed by atoms with Crippen molar-refractivity contribution in [1.29, 1.82) is 0 Å². The smallest absolute Gasteiger partial charge is 0.342 e. The Balaban J connectivity index is 0.000000385. The molecule has 0 unspecified atom stereocenters. The van der Waals surface area contributed by atoms with Gasteiger partial charge in [-0.05, 0) is 12.1 Å². The lowest BCUT2D eigenvalue weighted by atomic mass is 10.2. The van der Waals surface area contributed by atoms with Gasteiger partial charge in [0.2, 0.25) is 0 Å². The molecule has 4 heteroatoms. The van der Waals surface area contributed by atoms with Gasteiger partial charge in [-0.1, -0.05) is 24.8 Å². The van der Waals surface area contributed by atoms with Gasteiger partial charge in [0.05, 0.1) is 18.9 Å². The Morgan fingerprint density at radius 3 is 2.12 bits per heavy atom. The molecule has 0 bridgehead atoms. The number of hydrogen-bond donors (Lipinski definition) is 0. The summed E-state index contributed by atoms with van der Waals surface area (Å²) < 4.78 is 8.66. The summed E-state index contributed by atoms with van der Waals surface area (Å²) in [6.07, 6.45) is 1.12. The van der Waals surface area contributed by atoms with Gasteiger partial charge < -0.3 is 9.47 Å². The molecule has 0 saturated heterocycles. The molecule has 1 rings (SSSR count). The maximum atomic E-state index is 11.0. The summed E-state index contributed by atoms with van der Waals surface area (Å²) in [5.41, 5.74) is 0.535. The van der Waals surface area contributed by atoms with Gasteiger partial charge in [0.25, 0.3) is 0 Å². The van der Waals surface area contributed by atoms with E-state index in [-0.39, 0.29) is 11.9 Å². The van der Waals surface area contributed by atoms with Crippen molar-refractivity contribution < 1.29 is 19.1 Å². The van der Waals surface area contributed by atoms with Gasteiger partial charge in [-0.3, -0.25) is 4.79 Å². The maximum Gasteiger partial charge on any atom is 0.342 e. The van der Waals surface area contributed by atoms with E-state index in [4.69, 9.17) is 0 Å². The van der Waals surface area contributed by atoms with E-state index >= 15 is 0 Å². The van der Waals surface area contributed by atoms with Crippen LogP contribution in [0.2, 0.25) is 0 Å². The number of ether oxygens (including phenoxy) is 2. The zero-order valence-electron chi connectivity index (χ0n) is 9.30. The van der Waals surface area contributed by atoms with Gasteiger partial charge in [-0.15, -0.1) is 0 Å². The van der Waals surface area contributed by atoms with E-state index in [9.17, 15) is 9.59 Å². The van der Waals surface area contributed by atoms with Crippen LogP contribution in [0.3, 0.4) is 0 Å². The zero-order chi connectivity index (χ0) is 12.4. The number of carbonyl (C=O) groups is 2. The van der Waals surface area contributed by atoms with Crippen molar-refractivity contribution in [2.24, 2.45) is 0 Å². The van der Waals surface area contributed by atoms with Gasteiger partial charge in [0, 0.05) is 6.92 Å². The average Bonchev–Trinajstić information content (AvgIpc) is 2.31. The van der Waals surface area contributed by atoms with Gasteiger partial charge in [0.1, 0.15) is 0 Å². The number of carbonyl (C=O) groups excluding carboxylic acids is 2. The lowest BCUT2D eigenvalue weighted by molar-refractivity contribution is -0.137. The Hall–Kier alpha value is -2.10. The Morgan fingerprint density at radius 2 is 1.75 bits per heavy atom.